The van der Waals surface area contributed by atoms with Gasteiger partial charge >= 0.3 is 6.03 Å². The van der Waals surface area contributed by atoms with Crippen LogP contribution in [0.4, 0.5) is 4.79 Å². The van der Waals surface area contributed by atoms with E-state index in [-0.39, 0.29) is 18.5 Å². The van der Waals surface area contributed by atoms with Gasteiger partial charge in [0.2, 0.25) is 5.91 Å². The summed E-state index contributed by atoms with van der Waals surface area (Å²) >= 11 is 0. The van der Waals surface area contributed by atoms with E-state index in [2.05, 4.69) is 11.1 Å². The molecule has 0 aliphatic carbocycles. The molecule has 1 fully saturated rings. The zero-order valence-corrected chi connectivity index (χ0v) is 18.4. The number of piperazine rings is 1. The summed E-state index contributed by atoms with van der Waals surface area (Å²) < 4.78 is 5.81. The molecule has 1 aromatic carbocycles. The fourth-order valence-corrected chi connectivity index (χ4v) is 3.79. The first kappa shape index (κ1) is 22.6. The summed E-state index contributed by atoms with van der Waals surface area (Å²) in [5, 5.41) is 9.55. The molecule has 166 valence electrons. The second kappa shape index (κ2) is 9.35. The Hall–Kier alpha value is -3.12. The summed E-state index contributed by atoms with van der Waals surface area (Å²) in [5.74, 6) is 0.852. The van der Waals surface area contributed by atoms with Crippen LogP contribution in [0.1, 0.15) is 31.9 Å². The number of ether oxygens (including phenoxy) is 1. The number of aliphatic imine (C=N–C) groups is 1. The Morgan fingerprint density at radius 3 is 2.55 bits per heavy atom. The minimum Gasteiger partial charge on any atom is -0.493 e. The van der Waals surface area contributed by atoms with Gasteiger partial charge in [-0.1, -0.05) is 6.07 Å². The number of benzene rings is 1. The van der Waals surface area contributed by atoms with Crippen LogP contribution < -0.4 is 10.5 Å². The molecule has 1 saturated heterocycles. The third-order valence-corrected chi connectivity index (χ3v) is 5.62. The van der Waals surface area contributed by atoms with Gasteiger partial charge in [0.25, 0.3) is 0 Å². The van der Waals surface area contributed by atoms with Crippen LogP contribution >= 0.6 is 0 Å². The summed E-state index contributed by atoms with van der Waals surface area (Å²) in [5.41, 5.74) is 6.16. The summed E-state index contributed by atoms with van der Waals surface area (Å²) in [6.45, 7) is 9.57. The zero-order valence-electron chi connectivity index (χ0n) is 18.4. The highest BCUT2D eigenvalue weighted by atomic mass is 16.5. The Morgan fingerprint density at radius 2 is 1.94 bits per heavy atom. The van der Waals surface area contributed by atoms with Crippen molar-refractivity contribution >= 4 is 17.8 Å². The number of primary amides is 1. The molecule has 0 aromatic heterocycles. The molecule has 2 aliphatic rings. The molecule has 3 amide bonds. The maximum Gasteiger partial charge on any atom is 0.325 e. The minimum absolute atomic E-state index is 0.109. The zero-order chi connectivity index (χ0) is 22.6. The number of carbonyl (C=O) groups excluding carboxylic acids is 2. The van der Waals surface area contributed by atoms with Crippen molar-refractivity contribution in [2.75, 3.05) is 52.4 Å². The van der Waals surface area contributed by atoms with Crippen LogP contribution in [0.15, 0.2) is 23.2 Å². The second-order valence-corrected chi connectivity index (χ2v) is 8.25. The highest BCUT2D eigenvalue weighted by molar-refractivity contribution is 6.10. The molecule has 9 nitrogen and oxygen atoms in total. The van der Waals surface area contributed by atoms with Crippen LogP contribution in [-0.2, 0) is 10.2 Å². The van der Waals surface area contributed by atoms with Gasteiger partial charge in [0.15, 0.2) is 0 Å². The first-order chi connectivity index (χ1) is 14.8. The Kier molecular flexibility index (Phi) is 6.81. The molecule has 3 rings (SSSR count). The van der Waals surface area contributed by atoms with E-state index in [4.69, 9.17) is 10.5 Å². The average Bonchev–Trinajstić information content (AvgIpc) is 3.23. The molecule has 0 unspecified atom stereocenters. The first-order valence-corrected chi connectivity index (χ1v) is 10.6. The number of nitrogens with zero attached hydrogens (tertiary/aromatic N) is 5. The molecule has 0 atom stereocenters. The molecule has 0 saturated carbocycles. The highest BCUT2D eigenvalue weighted by Crippen LogP contribution is 2.30. The summed E-state index contributed by atoms with van der Waals surface area (Å²) in [6.07, 6.45) is 0. The van der Waals surface area contributed by atoms with Crippen molar-refractivity contribution < 1.29 is 14.3 Å². The summed E-state index contributed by atoms with van der Waals surface area (Å²) in [4.78, 5) is 34.5. The van der Waals surface area contributed by atoms with Crippen molar-refractivity contribution in [1.82, 2.24) is 14.7 Å². The standard InChI is InChI=1S/C22H30N6O3/c1-4-31-18-6-5-16(22(2,3)15-23)13-17(18)20-25-7-8-28(20)21(30)27-11-9-26(10-12-27)14-19(24)29/h5-6,13H,4,7-12,14H2,1-3H3,(H2,24,29). The van der Waals surface area contributed by atoms with Gasteiger partial charge in [0, 0.05) is 32.7 Å². The summed E-state index contributed by atoms with van der Waals surface area (Å²) in [6, 6.07) is 7.85. The second-order valence-electron chi connectivity index (χ2n) is 8.25. The lowest BCUT2D eigenvalue weighted by Crippen LogP contribution is -2.54. The molecule has 0 bridgehead atoms. The molecule has 1 aromatic rings. The number of hydrogen-bond donors (Lipinski definition) is 1. The van der Waals surface area contributed by atoms with E-state index in [9.17, 15) is 14.9 Å². The van der Waals surface area contributed by atoms with E-state index < -0.39 is 5.41 Å². The highest BCUT2D eigenvalue weighted by Gasteiger charge is 2.33. The largest absolute Gasteiger partial charge is 0.493 e. The van der Waals surface area contributed by atoms with Gasteiger partial charge in [-0.25, -0.2) is 4.79 Å². The van der Waals surface area contributed by atoms with Crippen molar-refractivity contribution in [3.63, 3.8) is 0 Å². The van der Waals surface area contributed by atoms with E-state index >= 15 is 0 Å². The Labute approximate surface area is 183 Å². The molecule has 2 aliphatic heterocycles. The lowest BCUT2D eigenvalue weighted by molar-refractivity contribution is -0.119. The van der Waals surface area contributed by atoms with Gasteiger partial charge < -0.3 is 15.4 Å². The average molecular weight is 427 g/mol. The summed E-state index contributed by atoms with van der Waals surface area (Å²) in [7, 11) is 0. The first-order valence-electron chi connectivity index (χ1n) is 10.6. The lowest BCUT2D eigenvalue weighted by Gasteiger charge is -2.36. The van der Waals surface area contributed by atoms with Crippen LogP contribution in [0.5, 0.6) is 5.75 Å². The number of amides is 3. The Bertz CT molecular complexity index is 912. The molecule has 9 heteroatoms. The van der Waals surface area contributed by atoms with Crippen molar-refractivity contribution in [1.29, 1.82) is 5.26 Å². The van der Waals surface area contributed by atoms with Gasteiger partial charge in [-0.05, 0) is 38.5 Å². The van der Waals surface area contributed by atoms with Crippen molar-refractivity contribution in [2.24, 2.45) is 10.7 Å². The van der Waals surface area contributed by atoms with Gasteiger partial charge in [-0.15, -0.1) is 0 Å². The molecule has 0 radical (unpaired) electrons. The predicted molar refractivity (Wildman–Crippen MR) is 117 cm³/mol. The topological polar surface area (TPSA) is 115 Å². The SMILES string of the molecule is CCOc1ccc(C(C)(C)C#N)cc1C1=NCCN1C(=O)N1CCN(CC(N)=O)CC1. The predicted octanol–water partition coefficient (Wildman–Crippen LogP) is 1.17. The maximum atomic E-state index is 13.3. The number of carbonyl (C=O) groups is 2. The van der Waals surface area contributed by atoms with E-state index in [1.165, 1.54) is 0 Å². The number of amidine groups is 1. The lowest BCUT2D eigenvalue weighted by atomic mass is 9.85. The monoisotopic (exact) mass is 426 g/mol. The smallest absolute Gasteiger partial charge is 0.325 e. The van der Waals surface area contributed by atoms with Gasteiger partial charge in [-0.3, -0.25) is 19.6 Å². The fourth-order valence-electron chi connectivity index (χ4n) is 3.79. The number of hydrogen-bond acceptors (Lipinski definition) is 6. The maximum absolute atomic E-state index is 13.3. The van der Waals surface area contributed by atoms with Gasteiger partial charge in [-0.2, -0.15) is 5.26 Å². The van der Waals surface area contributed by atoms with Crippen LogP contribution in [0, 0.1) is 11.3 Å². The molecular weight excluding hydrogens is 396 g/mol. The van der Waals surface area contributed by atoms with E-state index in [0.717, 1.165) is 11.1 Å². The fraction of sp³-hybridized carbons (Fsp3) is 0.545. The Balaban J connectivity index is 1.83. The van der Waals surface area contributed by atoms with Crippen LogP contribution in [-0.4, -0.2) is 84.9 Å². The Morgan fingerprint density at radius 1 is 1.23 bits per heavy atom. The minimum atomic E-state index is -0.676. The molecular formula is C22H30N6O3. The third-order valence-electron chi connectivity index (χ3n) is 5.62. The number of nitriles is 1. The van der Waals surface area contributed by atoms with Crippen LogP contribution in [0.2, 0.25) is 0 Å². The molecule has 2 N–H and O–H groups in total. The quantitative estimate of drug-likeness (QED) is 0.733. The molecule has 2 heterocycles. The van der Waals surface area contributed by atoms with Crippen molar-refractivity contribution in [2.45, 2.75) is 26.2 Å². The van der Waals surface area contributed by atoms with Gasteiger partial charge in [0.1, 0.15) is 11.6 Å². The van der Waals surface area contributed by atoms with E-state index in [1.54, 1.807) is 9.80 Å². The number of urea groups is 1. The van der Waals surface area contributed by atoms with E-state index in [0.29, 0.717) is 57.5 Å². The van der Waals surface area contributed by atoms with Crippen LogP contribution in [0.3, 0.4) is 0 Å². The normalized spacial score (nSPS) is 17.3. The van der Waals surface area contributed by atoms with Gasteiger partial charge in [0.05, 0.1) is 36.7 Å². The number of nitrogens with two attached hydrogens (primary N) is 1. The van der Waals surface area contributed by atoms with E-state index in [1.807, 2.05) is 43.9 Å². The van der Waals surface area contributed by atoms with Crippen LogP contribution in [0.25, 0.3) is 0 Å². The van der Waals surface area contributed by atoms with Crippen molar-refractivity contribution in [3.8, 4) is 11.8 Å². The molecule has 31 heavy (non-hydrogen) atoms. The third kappa shape index (κ3) is 4.97. The molecule has 0 spiro atoms. The number of rotatable bonds is 6. The van der Waals surface area contributed by atoms with Crippen molar-refractivity contribution in [3.05, 3.63) is 29.3 Å².